The van der Waals surface area contributed by atoms with Gasteiger partial charge in [0.15, 0.2) is 0 Å². The summed E-state index contributed by atoms with van der Waals surface area (Å²) in [6, 6.07) is 37.3. The maximum atomic E-state index is 8.83. The van der Waals surface area contributed by atoms with Crippen molar-refractivity contribution < 1.29 is 19.8 Å². The van der Waals surface area contributed by atoms with Crippen LogP contribution in [0.4, 0.5) is 0 Å². The van der Waals surface area contributed by atoms with E-state index in [1.165, 1.54) is 31.4 Å². The first kappa shape index (κ1) is 23.9. The number of hydrogen-bond acceptors (Lipinski definition) is 2. The van der Waals surface area contributed by atoms with Crippen LogP contribution in [0.2, 0.25) is 0 Å². The average molecular weight is 519 g/mol. The Morgan fingerprint density at radius 1 is 0.419 bits per heavy atom. The van der Waals surface area contributed by atoms with Gasteiger partial charge in [-0.15, -0.1) is 0 Å². The van der Waals surface area contributed by atoms with Gasteiger partial charge < -0.3 is 10.2 Å². The molecule has 0 aliphatic heterocycles. The first-order valence-electron chi connectivity index (χ1n) is 9.54. The molecule has 0 aromatic heterocycles. The Hall–Kier alpha value is -3.38. The molecule has 0 bridgehead atoms. The van der Waals surface area contributed by atoms with Crippen molar-refractivity contribution in [3.8, 4) is 11.5 Å². The van der Waals surface area contributed by atoms with Gasteiger partial charge in [-0.2, -0.15) is 0 Å². The molecule has 4 N–H and O–H groups in total. The molecule has 4 nitrogen and oxygen atoms in total. The summed E-state index contributed by atoms with van der Waals surface area (Å²) in [5, 5.41) is 17.7. The van der Waals surface area contributed by atoms with Gasteiger partial charge in [-0.3, -0.25) is 9.59 Å². The van der Waals surface area contributed by atoms with Gasteiger partial charge in [0, 0.05) is 12.1 Å². The molecule has 0 fully saturated rings. The van der Waals surface area contributed by atoms with Crippen LogP contribution in [0.1, 0.15) is 0 Å². The summed E-state index contributed by atoms with van der Waals surface area (Å²) < 4.78 is 3.08. The molecule has 0 atom stereocenters. The number of aromatic hydroxyl groups is 2. The third kappa shape index (κ3) is 9.78. The predicted octanol–water partition coefficient (Wildman–Crippen LogP) is 2.14. The molecular weight excluding hydrogens is 495 g/mol. The Morgan fingerprint density at radius 2 is 0.710 bits per heavy atom. The molecule has 0 aliphatic rings. The van der Waals surface area contributed by atoms with Gasteiger partial charge in [0.1, 0.15) is 0 Å². The number of rotatable bonds is 2. The molecule has 0 heterocycles. The fourth-order valence-corrected chi connectivity index (χ4v) is 5.27. The topological polar surface area (TPSA) is 83.3 Å². The summed E-state index contributed by atoms with van der Waals surface area (Å²) in [6.45, 7) is 0. The van der Waals surface area contributed by atoms with Crippen LogP contribution in [-0.4, -0.2) is 40.9 Å². The summed E-state index contributed by atoms with van der Waals surface area (Å²) in [4.78, 5) is 17.7. The minimum absolute atomic E-state index is 0.0972. The first-order chi connectivity index (χ1) is 15.1. The van der Waals surface area contributed by atoms with E-state index in [1.54, 1.807) is 36.4 Å². The Balaban J connectivity index is 0.000000170. The molecule has 4 aromatic carbocycles. The van der Waals surface area contributed by atoms with Crippen LogP contribution in [-0.2, 0) is 0 Å². The van der Waals surface area contributed by atoms with Gasteiger partial charge in [0.25, 0.3) is 0 Å². The van der Waals surface area contributed by atoms with Crippen LogP contribution in [0.25, 0.3) is 0 Å². The van der Waals surface area contributed by atoms with Gasteiger partial charge in [-0.05, 0) is 12.1 Å². The van der Waals surface area contributed by atoms with Crippen LogP contribution >= 0.6 is 0 Å². The Labute approximate surface area is 191 Å². The second-order valence-corrected chi connectivity index (χ2v) is 10.2. The minimum atomic E-state index is -0.517. The van der Waals surface area contributed by atoms with E-state index < -0.39 is 21.1 Å². The molecule has 31 heavy (non-hydrogen) atoms. The summed E-state index contributed by atoms with van der Waals surface area (Å²) in [5.41, 5.74) is -0.194. The van der Waals surface area contributed by atoms with Crippen molar-refractivity contribution in [2.45, 2.75) is 0 Å². The van der Waals surface area contributed by atoms with Crippen LogP contribution < -0.4 is 18.0 Å². The van der Waals surface area contributed by atoms with E-state index in [-0.39, 0.29) is 22.4 Å². The van der Waals surface area contributed by atoms with Gasteiger partial charge >= 0.3 is 99.8 Å². The van der Waals surface area contributed by atoms with Gasteiger partial charge in [0.2, 0.25) is 11.5 Å². The van der Waals surface area contributed by atoms with Crippen LogP contribution in [0, 0.1) is 0 Å². The fourth-order valence-electron chi connectivity index (χ4n) is 2.27. The third-order valence-corrected chi connectivity index (χ3v) is 7.37. The van der Waals surface area contributed by atoms with Crippen molar-refractivity contribution in [1.82, 2.24) is 0 Å². The van der Waals surface area contributed by atoms with Crippen molar-refractivity contribution in [3.05, 3.63) is 132 Å². The summed E-state index contributed by atoms with van der Waals surface area (Å²) in [5.74, 6) is -0.194. The van der Waals surface area contributed by atoms with E-state index in [2.05, 4.69) is 60.7 Å². The number of hydrogen-bond donors (Lipinski definition) is 2. The second-order valence-electron chi connectivity index (χ2n) is 6.22. The molecule has 152 valence electrons. The number of benzene rings is 2. The molecular formula is C26H24O4Sn+4. The quantitative estimate of drug-likeness (QED) is 0.315. The van der Waals surface area contributed by atoms with Gasteiger partial charge in [0.05, 0.1) is 0 Å². The first-order valence-corrected chi connectivity index (χ1v) is 12.4. The van der Waals surface area contributed by atoms with E-state index in [9.17, 15) is 0 Å². The van der Waals surface area contributed by atoms with Gasteiger partial charge in [-0.25, -0.2) is 0 Å². The predicted molar refractivity (Wildman–Crippen MR) is 124 cm³/mol. The summed E-state index contributed by atoms with van der Waals surface area (Å²) in [7, 11) is 0. The standard InChI is InChI=1S/2C7H6O2.2C6H5.Sn/c2*8-6-4-2-1-3-5-7(6)9;2*1-2-4-6-5-3-1;/h2*1-5H,(H,8,9);2*1-5H;/q;;;;+2/p+2. The third-order valence-electron chi connectivity index (χ3n) is 3.82. The molecule has 4 aromatic rings. The summed E-state index contributed by atoms with van der Waals surface area (Å²) in [6.07, 6.45) is 0. The Morgan fingerprint density at radius 3 is 1.06 bits per heavy atom. The molecule has 0 unspecified atom stereocenters. The van der Waals surface area contributed by atoms with Crippen molar-refractivity contribution in [2.24, 2.45) is 0 Å². The summed E-state index contributed by atoms with van der Waals surface area (Å²) >= 11 is -0.517. The normalized spacial score (nSPS) is 9.03. The van der Waals surface area contributed by atoms with Crippen LogP contribution in [0.15, 0.2) is 121 Å². The maximum absolute atomic E-state index is 8.83. The van der Waals surface area contributed by atoms with Crippen molar-refractivity contribution in [2.75, 3.05) is 0 Å². The molecule has 5 heteroatoms. The molecule has 0 saturated heterocycles. The molecule has 0 amide bonds. The van der Waals surface area contributed by atoms with E-state index in [0.29, 0.717) is 0 Å². The molecule has 0 saturated carbocycles. The van der Waals surface area contributed by atoms with Crippen molar-refractivity contribution in [3.63, 3.8) is 0 Å². The van der Waals surface area contributed by atoms with E-state index in [4.69, 9.17) is 19.8 Å². The Kier molecular flexibility index (Phi) is 10.6. The second kappa shape index (κ2) is 13.8. The van der Waals surface area contributed by atoms with E-state index >= 15 is 0 Å². The molecule has 0 spiro atoms. The van der Waals surface area contributed by atoms with E-state index in [0.717, 1.165) is 0 Å². The average Bonchev–Trinajstić information content (AvgIpc) is 3.10. The van der Waals surface area contributed by atoms with Gasteiger partial charge in [-0.1, -0.05) is 36.4 Å². The zero-order valence-electron chi connectivity index (χ0n) is 16.8. The molecule has 0 radical (unpaired) electrons. The molecule has 0 aliphatic carbocycles. The van der Waals surface area contributed by atoms with Crippen LogP contribution in [0.5, 0.6) is 11.5 Å². The zero-order valence-corrected chi connectivity index (χ0v) is 19.7. The SMILES string of the molecule is Oc1cccccc1=[OH+].Oc1cccccc1=[OH+].c1cc[c]([Sn+2][c]2ccccc2)cc1. The van der Waals surface area contributed by atoms with E-state index in [1.807, 2.05) is 0 Å². The van der Waals surface area contributed by atoms with Crippen LogP contribution in [0.3, 0.4) is 0 Å². The fraction of sp³-hybridized carbons (Fsp3) is 0. The molecule has 4 rings (SSSR count). The van der Waals surface area contributed by atoms with Crippen molar-refractivity contribution >= 4 is 28.3 Å². The Bertz CT molecular complexity index is 1070. The zero-order chi connectivity index (χ0) is 22.3. The van der Waals surface area contributed by atoms with Crippen molar-refractivity contribution in [1.29, 1.82) is 0 Å². The monoisotopic (exact) mass is 520 g/mol.